The molecule has 0 aliphatic carbocycles. The lowest BCUT2D eigenvalue weighted by Gasteiger charge is -2.18. The molecule has 1 aromatic carbocycles. The summed E-state index contributed by atoms with van der Waals surface area (Å²) in [5, 5.41) is 6.88. The van der Waals surface area contributed by atoms with Crippen LogP contribution in [0.2, 0.25) is 10.0 Å². The van der Waals surface area contributed by atoms with Crippen LogP contribution in [0.25, 0.3) is 0 Å². The SMILES string of the molecule is CC(=O)N=C1S[C@H]2CS(=O)(=O)C[C@H]2N1/N=C\c1c(Cl)cccc1Cl. The highest BCUT2D eigenvalue weighted by atomic mass is 35.5. The number of amidine groups is 1. The van der Waals surface area contributed by atoms with Crippen LogP contribution in [0.1, 0.15) is 12.5 Å². The Morgan fingerprint density at radius 2 is 2.00 bits per heavy atom. The molecule has 0 bridgehead atoms. The summed E-state index contributed by atoms with van der Waals surface area (Å²) in [7, 11) is -3.12. The molecule has 128 valence electrons. The van der Waals surface area contributed by atoms with Crippen molar-refractivity contribution in [1.82, 2.24) is 5.01 Å². The molecule has 2 atom stereocenters. The van der Waals surface area contributed by atoms with Gasteiger partial charge in [-0.1, -0.05) is 41.0 Å². The topological polar surface area (TPSA) is 79.2 Å². The first-order valence-corrected chi connectivity index (χ1v) is 10.5. The lowest BCUT2D eigenvalue weighted by Crippen LogP contribution is -2.33. The van der Waals surface area contributed by atoms with E-state index in [1.807, 2.05) is 0 Å². The summed E-state index contributed by atoms with van der Waals surface area (Å²) in [4.78, 5) is 15.3. The fourth-order valence-electron chi connectivity index (χ4n) is 2.57. The molecule has 0 N–H and O–H groups in total. The molecule has 2 aliphatic rings. The van der Waals surface area contributed by atoms with E-state index in [-0.39, 0.29) is 28.7 Å². The summed E-state index contributed by atoms with van der Waals surface area (Å²) >= 11 is 13.5. The number of sulfone groups is 1. The van der Waals surface area contributed by atoms with Crippen LogP contribution in [0.4, 0.5) is 0 Å². The second-order valence-electron chi connectivity index (χ2n) is 5.44. The number of rotatable bonds is 2. The van der Waals surface area contributed by atoms with Crippen molar-refractivity contribution in [3.63, 3.8) is 0 Å². The van der Waals surface area contributed by atoms with Gasteiger partial charge in [0.15, 0.2) is 15.0 Å². The predicted octanol–water partition coefficient (Wildman–Crippen LogP) is 2.44. The van der Waals surface area contributed by atoms with Crippen molar-refractivity contribution in [2.75, 3.05) is 11.5 Å². The first-order valence-electron chi connectivity index (χ1n) is 7.00. The Balaban J connectivity index is 1.95. The predicted molar refractivity (Wildman–Crippen MR) is 97.8 cm³/mol. The van der Waals surface area contributed by atoms with Gasteiger partial charge in [0.25, 0.3) is 0 Å². The minimum absolute atomic E-state index is 0.0187. The monoisotopic (exact) mass is 405 g/mol. The van der Waals surface area contributed by atoms with Gasteiger partial charge in [0.05, 0.1) is 39.1 Å². The van der Waals surface area contributed by atoms with E-state index in [1.54, 1.807) is 18.2 Å². The van der Waals surface area contributed by atoms with Crippen LogP contribution < -0.4 is 0 Å². The lowest BCUT2D eigenvalue weighted by atomic mass is 10.2. The number of benzene rings is 1. The zero-order valence-electron chi connectivity index (χ0n) is 12.5. The maximum Gasteiger partial charge on any atom is 0.245 e. The van der Waals surface area contributed by atoms with Crippen molar-refractivity contribution in [2.45, 2.75) is 18.2 Å². The highest BCUT2D eigenvalue weighted by molar-refractivity contribution is 8.15. The second-order valence-corrected chi connectivity index (χ2v) is 9.61. The van der Waals surface area contributed by atoms with E-state index in [9.17, 15) is 13.2 Å². The van der Waals surface area contributed by atoms with Gasteiger partial charge in [0.1, 0.15) is 0 Å². The van der Waals surface area contributed by atoms with E-state index in [4.69, 9.17) is 23.2 Å². The molecular formula is C14H13Cl2N3O3S2. The average Bonchev–Trinajstić information content (AvgIpc) is 2.90. The molecule has 2 saturated heterocycles. The van der Waals surface area contributed by atoms with Gasteiger partial charge < -0.3 is 0 Å². The molecule has 10 heteroatoms. The van der Waals surface area contributed by atoms with Crippen molar-refractivity contribution in [3.8, 4) is 0 Å². The van der Waals surface area contributed by atoms with Crippen LogP contribution in [0, 0.1) is 0 Å². The third-order valence-corrected chi connectivity index (χ3v) is 7.46. The molecule has 6 nitrogen and oxygen atoms in total. The fraction of sp³-hybridized carbons (Fsp3) is 0.357. The van der Waals surface area contributed by atoms with Gasteiger partial charge in [0.2, 0.25) is 5.91 Å². The first kappa shape index (κ1) is 17.7. The summed E-state index contributed by atoms with van der Waals surface area (Å²) < 4.78 is 23.7. The average molecular weight is 406 g/mol. The molecule has 0 radical (unpaired) electrons. The Hall–Kier alpha value is -1.09. The Bertz CT molecular complexity index is 835. The quantitative estimate of drug-likeness (QED) is 0.705. The highest BCUT2D eigenvalue weighted by Gasteiger charge is 2.49. The minimum atomic E-state index is -3.12. The van der Waals surface area contributed by atoms with Crippen LogP contribution in [0.15, 0.2) is 28.3 Å². The molecule has 2 aliphatic heterocycles. The van der Waals surface area contributed by atoms with Crippen molar-refractivity contribution >= 4 is 62.1 Å². The van der Waals surface area contributed by atoms with Crippen LogP contribution in [0.5, 0.6) is 0 Å². The normalized spacial score (nSPS) is 27.1. The minimum Gasteiger partial charge on any atom is -0.273 e. The molecule has 2 fully saturated rings. The van der Waals surface area contributed by atoms with Crippen LogP contribution >= 0.6 is 35.0 Å². The lowest BCUT2D eigenvalue weighted by molar-refractivity contribution is -0.115. The smallest absolute Gasteiger partial charge is 0.245 e. The van der Waals surface area contributed by atoms with Crippen molar-refractivity contribution < 1.29 is 13.2 Å². The van der Waals surface area contributed by atoms with Gasteiger partial charge in [0, 0.05) is 12.5 Å². The molecule has 0 saturated carbocycles. The van der Waals surface area contributed by atoms with Gasteiger partial charge in [-0.25, -0.2) is 13.4 Å². The zero-order valence-corrected chi connectivity index (χ0v) is 15.7. The molecule has 2 heterocycles. The van der Waals surface area contributed by atoms with Gasteiger partial charge in [-0.15, -0.1) is 0 Å². The number of fused-ring (bicyclic) bond motifs is 1. The van der Waals surface area contributed by atoms with E-state index < -0.39 is 9.84 Å². The van der Waals surface area contributed by atoms with Crippen LogP contribution in [0.3, 0.4) is 0 Å². The summed E-state index contributed by atoms with van der Waals surface area (Å²) in [5.74, 6) is -0.329. The van der Waals surface area contributed by atoms with Gasteiger partial charge in [-0.3, -0.25) is 4.79 Å². The van der Waals surface area contributed by atoms with E-state index in [2.05, 4.69) is 10.1 Å². The van der Waals surface area contributed by atoms with Crippen molar-refractivity contribution in [3.05, 3.63) is 33.8 Å². The van der Waals surface area contributed by atoms with Crippen LogP contribution in [-0.2, 0) is 14.6 Å². The Labute approximate surface area is 153 Å². The summed E-state index contributed by atoms with van der Waals surface area (Å²) in [6, 6.07) is 4.73. The van der Waals surface area contributed by atoms with E-state index in [0.29, 0.717) is 20.8 Å². The van der Waals surface area contributed by atoms with E-state index in [1.165, 1.54) is 29.9 Å². The molecule has 0 spiro atoms. The Morgan fingerprint density at radius 3 is 2.62 bits per heavy atom. The third-order valence-electron chi connectivity index (χ3n) is 3.60. The van der Waals surface area contributed by atoms with E-state index >= 15 is 0 Å². The maximum atomic E-state index is 11.9. The summed E-state index contributed by atoms with van der Waals surface area (Å²) in [5.41, 5.74) is 0.525. The number of halogens is 2. The van der Waals surface area contributed by atoms with Gasteiger partial charge in [-0.2, -0.15) is 10.1 Å². The number of aliphatic imine (C=N–C) groups is 1. The molecule has 0 aromatic heterocycles. The molecule has 3 rings (SSSR count). The summed E-state index contributed by atoms with van der Waals surface area (Å²) in [6.45, 7) is 1.34. The number of amides is 1. The molecule has 1 amide bonds. The molecule has 24 heavy (non-hydrogen) atoms. The van der Waals surface area contributed by atoms with Crippen LogP contribution in [-0.4, -0.2) is 53.5 Å². The third kappa shape index (κ3) is 3.61. The first-order chi connectivity index (χ1) is 11.3. The number of thioether (sulfide) groups is 1. The van der Waals surface area contributed by atoms with Gasteiger partial charge in [-0.05, 0) is 12.1 Å². The Morgan fingerprint density at radius 1 is 1.33 bits per heavy atom. The Kier molecular flexibility index (Phi) is 4.92. The van der Waals surface area contributed by atoms with Gasteiger partial charge >= 0.3 is 0 Å². The second kappa shape index (κ2) is 6.67. The van der Waals surface area contributed by atoms with E-state index in [0.717, 1.165) is 0 Å². The number of hydrazone groups is 1. The number of hydrogen-bond acceptors (Lipinski definition) is 5. The molecular weight excluding hydrogens is 393 g/mol. The number of carbonyl (C=O) groups is 1. The fourth-order valence-corrected chi connectivity index (χ4v) is 6.94. The highest BCUT2D eigenvalue weighted by Crippen LogP contribution is 2.38. The standard InChI is InChI=1S/C14H13Cl2N3O3S2/c1-8(20)18-14-19(12-6-24(21,22)7-13(12)23-14)17-5-9-10(15)3-2-4-11(9)16/h2-5,12-13H,6-7H2,1H3/b17-5-,18-14?/t12-,13+/m1/s1. The number of carbonyl (C=O) groups excluding carboxylic acids is 1. The number of hydrogen-bond donors (Lipinski definition) is 0. The molecule has 1 aromatic rings. The molecule has 0 unspecified atom stereocenters. The number of nitrogens with zero attached hydrogens (tertiary/aromatic N) is 3. The summed E-state index contributed by atoms with van der Waals surface area (Å²) in [6.07, 6.45) is 1.47. The largest absolute Gasteiger partial charge is 0.273 e. The maximum absolute atomic E-state index is 11.9. The van der Waals surface area contributed by atoms with Crippen molar-refractivity contribution in [1.29, 1.82) is 0 Å². The van der Waals surface area contributed by atoms with Crippen molar-refractivity contribution in [2.24, 2.45) is 10.1 Å². The zero-order chi connectivity index (χ0) is 17.5.